The van der Waals surface area contributed by atoms with Crippen molar-refractivity contribution in [1.29, 1.82) is 0 Å². The molecule has 0 radical (unpaired) electrons. The quantitative estimate of drug-likeness (QED) is 0.489. The molecule has 0 N–H and O–H groups in total. The van der Waals surface area contributed by atoms with Crippen molar-refractivity contribution < 1.29 is 0 Å². The highest BCUT2D eigenvalue weighted by atomic mass is 14.7. The molecule has 0 aliphatic heterocycles. The fourth-order valence-electron chi connectivity index (χ4n) is 8.97. The Labute approximate surface area is 157 Å². The fourth-order valence-corrected chi connectivity index (χ4v) is 8.97. The van der Waals surface area contributed by atoms with E-state index in [1.54, 1.807) is 44.9 Å². The maximum Gasteiger partial charge on any atom is -0.0233 e. The topological polar surface area (TPSA) is 0 Å². The maximum absolute atomic E-state index is 2.63. The molecule has 0 aromatic rings. The number of hydrogen-bond donors (Lipinski definition) is 0. The summed E-state index contributed by atoms with van der Waals surface area (Å²) < 4.78 is 0. The van der Waals surface area contributed by atoms with Crippen LogP contribution in [0.3, 0.4) is 0 Å². The van der Waals surface area contributed by atoms with Crippen molar-refractivity contribution in [1.82, 2.24) is 0 Å². The molecule has 0 amide bonds. The number of hydrogen-bond acceptors (Lipinski definition) is 0. The lowest BCUT2D eigenvalue weighted by molar-refractivity contribution is -0.220. The van der Waals surface area contributed by atoms with Crippen LogP contribution >= 0.6 is 0 Å². The van der Waals surface area contributed by atoms with Crippen LogP contribution in [-0.2, 0) is 0 Å². The molecule has 8 unspecified atom stereocenters. The van der Waals surface area contributed by atoms with E-state index in [9.17, 15) is 0 Å². The SMILES string of the molecule is CCCCC12CCC3(CC1C)CC(C(C)C)C1(CC(C)C1C)CC3C2. The fraction of sp³-hybridized carbons (Fsp3) is 1.00. The molecule has 0 aromatic carbocycles. The Kier molecular flexibility index (Phi) is 4.41. The predicted octanol–water partition coefficient (Wildman–Crippen LogP) is 7.72. The lowest BCUT2D eigenvalue weighted by Crippen LogP contribution is -2.63. The number of fused-ring (bicyclic) bond motifs is 2. The van der Waals surface area contributed by atoms with Gasteiger partial charge in [-0.25, -0.2) is 0 Å². The van der Waals surface area contributed by atoms with Crippen molar-refractivity contribution in [2.75, 3.05) is 0 Å². The van der Waals surface area contributed by atoms with E-state index in [1.807, 2.05) is 0 Å². The van der Waals surface area contributed by atoms with E-state index in [-0.39, 0.29) is 0 Å². The van der Waals surface area contributed by atoms with Gasteiger partial charge in [0, 0.05) is 0 Å². The average Bonchev–Trinajstić information content (AvgIpc) is 2.59. The third-order valence-corrected chi connectivity index (χ3v) is 10.7. The first kappa shape index (κ1) is 18.4. The molecule has 0 nitrogen and oxygen atoms in total. The van der Waals surface area contributed by atoms with Crippen LogP contribution in [0.25, 0.3) is 0 Å². The molecule has 0 aromatic heterocycles. The second kappa shape index (κ2) is 6.00. The van der Waals surface area contributed by atoms with Gasteiger partial charge in [-0.05, 0) is 103 Å². The minimum atomic E-state index is 0.718. The molecular weight excluding hydrogens is 300 g/mol. The van der Waals surface area contributed by atoms with Crippen LogP contribution in [0.1, 0.15) is 106 Å². The molecule has 5 saturated carbocycles. The molecule has 144 valence electrons. The van der Waals surface area contributed by atoms with Crippen LogP contribution in [0.2, 0.25) is 0 Å². The zero-order valence-corrected chi connectivity index (χ0v) is 18.0. The highest BCUT2D eigenvalue weighted by Gasteiger charge is 2.66. The Balaban J connectivity index is 1.63. The summed E-state index contributed by atoms with van der Waals surface area (Å²) in [5.74, 6) is 5.89. The van der Waals surface area contributed by atoms with E-state index in [4.69, 9.17) is 0 Å². The predicted molar refractivity (Wildman–Crippen MR) is 108 cm³/mol. The molecule has 2 spiro atoms. The average molecular weight is 345 g/mol. The van der Waals surface area contributed by atoms with Gasteiger partial charge in [-0.2, -0.15) is 0 Å². The molecular formula is C25H44. The van der Waals surface area contributed by atoms with Gasteiger partial charge < -0.3 is 0 Å². The molecule has 8 atom stereocenters. The Morgan fingerprint density at radius 3 is 2.24 bits per heavy atom. The smallest absolute Gasteiger partial charge is 0.0233 e. The standard InChI is InChI=1S/C25H44/c1-7-8-9-23-10-11-24(13-19(23)5)16-22(17(2)3)25(15-21(24)14-23)12-18(4)20(25)6/h17-22H,7-16H2,1-6H3. The summed E-state index contributed by atoms with van der Waals surface area (Å²) in [6, 6.07) is 0. The van der Waals surface area contributed by atoms with E-state index in [0.29, 0.717) is 0 Å². The second-order valence-electron chi connectivity index (χ2n) is 11.8. The normalized spacial score (nSPS) is 54.6. The minimum Gasteiger partial charge on any atom is -0.0654 e. The largest absolute Gasteiger partial charge is 0.0654 e. The van der Waals surface area contributed by atoms with Crippen molar-refractivity contribution in [2.45, 2.75) is 106 Å². The van der Waals surface area contributed by atoms with E-state index in [2.05, 4.69) is 41.5 Å². The Bertz CT molecular complexity index is 506. The Morgan fingerprint density at radius 2 is 1.68 bits per heavy atom. The zero-order chi connectivity index (χ0) is 18.0. The van der Waals surface area contributed by atoms with Gasteiger partial charge in [0.15, 0.2) is 0 Å². The maximum atomic E-state index is 2.63. The molecule has 0 saturated heterocycles. The number of rotatable bonds is 4. The monoisotopic (exact) mass is 344 g/mol. The molecule has 5 aliphatic rings. The van der Waals surface area contributed by atoms with Crippen LogP contribution in [0.5, 0.6) is 0 Å². The summed E-state index contributed by atoms with van der Waals surface area (Å²) in [5, 5.41) is 0. The molecule has 2 bridgehead atoms. The first-order valence-corrected chi connectivity index (χ1v) is 11.8. The van der Waals surface area contributed by atoms with Crippen LogP contribution < -0.4 is 0 Å². The summed E-state index contributed by atoms with van der Waals surface area (Å²) >= 11 is 0. The van der Waals surface area contributed by atoms with Crippen molar-refractivity contribution in [3.05, 3.63) is 0 Å². The highest BCUT2D eigenvalue weighted by Crippen LogP contribution is 2.75. The van der Waals surface area contributed by atoms with E-state index < -0.39 is 0 Å². The number of unbranched alkanes of at least 4 members (excludes halogenated alkanes) is 1. The lowest BCUT2D eigenvalue weighted by Gasteiger charge is -2.71. The van der Waals surface area contributed by atoms with Crippen LogP contribution in [-0.4, -0.2) is 0 Å². The van der Waals surface area contributed by atoms with Crippen molar-refractivity contribution >= 4 is 0 Å². The molecule has 5 fully saturated rings. The van der Waals surface area contributed by atoms with Crippen molar-refractivity contribution in [2.24, 2.45) is 51.8 Å². The van der Waals surface area contributed by atoms with E-state index >= 15 is 0 Å². The summed E-state index contributed by atoms with van der Waals surface area (Å²) in [7, 11) is 0. The summed E-state index contributed by atoms with van der Waals surface area (Å²) in [6.45, 7) is 15.2. The third-order valence-electron chi connectivity index (χ3n) is 10.7. The molecule has 0 heteroatoms. The molecule has 5 rings (SSSR count). The lowest BCUT2D eigenvalue weighted by atomic mass is 9.33. The van der Waals surface area contributed by atoms with Crippen LogP contribution in [0, 0.1) is 51.8 Å². The summed E-state index contributed by atoms with van der Waals surface area (Å²) in [6.07, 6.45) is 15.4. The zero-order valence-electron chi connectivity index (χ0n) is 18.0. The molecule has 25 heavy (non-hydrogen) atoms. The third kappa shape index (κ3) is 2.44. The van der Waals surface area contributed by atoms with Gasteiger partial charge >= 0.3 is 0 Å². The van der Waals surface area contributed by atoms with Crippen LogP contribution in [0.4, 0.5) is 0 Å². The highest BCUT2D eigenvalue weighted by molar-refractivity contribution is 5.15. The summed E-state index contributed by atoms with van der Waals surface area (Å²) in [5.41, 5.74) is 2.19. The molecule has 5 aliphatic carbocycles. The van der Waals surface area contributed by atoms with Gasteiger partial charge in [0.05, 0.1) is 0 Å². The summed E-state index contributed by atoms with van der Waals surface area (Å²) in [4.78, 5) is 0. The Hall–Kier alpha value is 0. The van der Waals surface area contributed by atoms with E-state index in [0.717, 1.165) is 51.8 Å². The van der Waals surface area contributed by atoms with Crippen molar-refractivity contribution in [3.63, 3.8) is 0 Å². The van der Waals surface area contributed by atoms with Gasteiger partial charge in [-0.15, -0.1) is 0 Å². The first-order valence-electron chi connectivity index (χ1n) is 11.8. The van der Waals surface area contributed by atoms with Gasteiger partial charge in [0.2, 0.25) is 0 Å². The Morgan fingerprint density at radius 1 is 0.920 bits per heavy atom. The van der Waals surface area contributed by atoms with E-state index in [1.165, 1.54) is 19.3 Å². The minimum absolute atomic E-state index is 0.718. The first-order chi connectivity index (χ1) is 11.8. The van der Waals surface area contributed by atoms with Crippen molar-refractivity contribution in [3.8, 4) is 0 Å². The second-order valence-corrected chi connectivity index (χ2v) is 11.8. The van der Waals surface area contributed by atoms with Gasteiger partial charge in [-0.3, -0.25) is 0 Å². The van der Waals surface area contributed by atoms with Gasteiger partial charge in [0.1, 0.15) is 0 Å². The van der Waals surface area contributed by atoms with Gasteiger partial charge in [0.25, 0.3) is 0 Å². The van der Waals surface area contributed by atoms with Crippen LogP contribution in [0.15, 0.2) is 0 Å². The molecule has 0 heterocycles. The van der Waals surface area contributed by atoms with Gasteiger partial charge in [-0.1, -0.05) is 54.4 Å².